The summed E-state index contributed by atoms with van der Waals surface area (Å²) >= 11 is 5.80. The highest BCUT2D eigenvalue weighted by atomic mass is 35.5. The Bertz CT molecular complexity index is 655. The van der Waals surface area contributed by atoms with Gasteiger partial charge in [-0.1, -0.05) is 29.8 Å². The first-order chi connectivity index (χ1) is 10.5. The zero-order valence-electron chi connectivity index (χ0n) is 12.5. The molecule has 0 heterocycles. The van der Waals surface area contributed by atoms with Crippen molar-refractivity contribution in [2.75, 3.05) is 12.4 Å². The largest absolute Gasteiger partial charge is 0.495 e. The molecule has 0 fully saturated rings. The minimum absolute atomic E-state index is 0.0430. The van der Waals surface area contributed by atoms with Gasteiger partial charge in [0.05, 0.1) is 25.3 Å². The van der Waals surface area contributed by atoms with Crippen LogP contribution in [0.2, 0.25) is 5.02 Å². The van der Waals surface area contributed by atoms with Crippen LogP contribution in [0.1, 0.15) is 23.7 Å². The van der Waals surface area contributed by atoms with Crippen molar-refractivity contribution in [3.63, 3.8) is 0 Å². The van der Waals surface area contributed by atoms with E-state index in [9.17, 15) is 9.90 Å². The Morgan fingerprint density at radius 3 is 2.59 bits per heavy atom. The van der Waals surface area contributed by atoms with Gasteiger partial charge in [0.25, 0.3) is 0 Å². The predicted octanol–water partition coefficient (Wildman–Crippen LogP) is 3.72. The van der Waals surface area contributed by atoms with Crippen LogP contribution in [0.4, 0.5) is 5.69 Å². The molecule has 2 aromatic carbocycles. The third-order valence-electron chi connectivity index (χ3n) is 3.26. The molecule has 0 saturated carbocycles. The summed E-state index contributed by atoms with van der Waals surface area (Å²) in [7, 11) is 1.55. The van der Waals surface area contributed by atoms with Crippen molar-refractivity contribution in [3.8, 4) is 5.75 Å². The maximum absolute atomic E-state index is 12.1. The number of aliphatic hydroxyl groups is 1. The quantitative estimate of drug-likeness (QED) is 0.883. The van der Waals surface area contributed by atoms with Gasteiger partial charge in [0.1, 0.15) is 5.75 Å². The Morgan fingerprint density at radius 2 is 1.95 bits per heavy atom. The fourth-order valence-electron chi connectivity index (χ4n) is 2.08. The maximum Gasteiger partial charge on any atom is 0.227 e. The van der Waals surface area contributed by atoms with Crippen molar-refractivity contribution in [2.45, 2.75) is 19.4 Å². The summed E-state index contributed by atoms with van der Waals surface area (Å²) in [4.78, 5) is 12.1. The van der Waals surface area contributed by atoms with Crippen molar-refractivity contribution < 1.29 is 14.6 Å². The molecule has 4 nitrogen and oxygen atoms in total. The maximum atomic E-state index is 12.1. The van der Waals surface area contributed by atoms with Gasteiger partial charge in [-0.2, -0.15) is 0 Å². The molecule has 116 valence electrons. The summed E-state index contributed by atoms with van der Waals surface area (Å²) in [6, 6.07) is 12.3. The first-order valence-corrected chi connectivity index (χ1v) is 7.25. The molecule has 1 unspecified atom stereocenters. The first-order valence-electron chi connectivity index (χ1n) is 6.87. The SMILES string of the molecule is COc1cc(C)ccc1NC(=O)CC(O)c1ccc(Cl)cc1. The normalized spacial score (nSPS) is 11.8. The number of ether oxygens (including phenoxy) is 1. The molecule has 2 aromatic rings. The van der Waals surface area contributed by atoms with E-state index in [0.717, 1.165) is 5.56 Å². The summed E-state index contributed by atoms with van der Waals surface area (Å²) < 4.78 is 5.24. The minimum atomic E-state index is -0.881. The van der Waals surface area contributed by atoms with Gasteiger partial charge in [-0.25, -0.2) is 0 Å². The lowest BCUT2D eigenvalue weighted by Crippen LogP contribution is -2.16. The molecule has 1 amide bonds. The van der Waals surface area contributed by atoms with Gasteiger partial charge >= 0.3 is 0 Å². The summed E-state index contributed by atoms with van der Waals surface area (Å²) in [6.45, 7) is 1.94. The zero-order valence-corrected chi connectivity index (χ0v) is 13.2. The standard InChI is InChI=1S/C17H18ClNO3/c1-11-3-8-14(16(9-11)22-2)19-17(21)10-15(20)12-4-6-13(18)7-5-12/h3-9,15,20H,10H2,1-2H3,(H,19,21). The molecule has 0 bridgehead atoms. The fourth-order valence-corrected chi connectivity index (χ4v) is 2.21. The van der Waals surface area contributed by atoms with Crippen molar-refractivity contribution in [1.82, 2.24) is 0 Å². The molecule has 2 rings (SSSR count). The Morgan fingerprint density at radius 1 is 1.27 bits per heavy atom. The van der Waals surface area contributed by atoms with Crippen LogP contribution in [0.15, 0.2) is 42.5 Å². The molecule has 0 aromatic heterocycles. The number of anilines is 1. The van der Waals surface area contributed by atoms with E-state index in [1.54, 1.807) is 37.4 Å². The van der Waals surface area contributed by atoms with Gasteiger partial charge in [0.2, 0.25) is 5.91 Å². The van der Waals surface area contributed by atoms with Crippen LogP contribution in [0, 0.1) is 6.92 Å². The summed E-state index contributed by atoms with van der Waals surface area (Å²) in [5, 5.41) is 13.4. The lowest BCUT2D eigenvalue weighted by molar-refractivity contribution is -0.118. The molecule has 0 radical (unpaired) electrons. The highest BCUT2D eigenvalue weighted by Gasteiger charge is 2.14. The van der Waals surface area contributed by atoms with Gasteiger partial charge in [-0.3, -0.25) is 4.79 Å². The van der Waals surface area contributed by atoms with Gasteiger partial charge < -0.3 is 15.2 Å². The van der Waals surface area contributed by atoms with Crippen molar-refractivity contribution in [3.05, 3.63) is 58.6 Å². The predicted molar refractivity (Wildman–Crippen MR) is 87.4 cm³/mol. The second kappa shape index (κ2) is 7.29. The monoisotopic (exact) mass is 319 g/mol. The van der Waals surface area contributed by atoms with E-state index in [4.69, 9.17) is 16.3 Å². The second-order valence-electron chi connectivity index (χ2n) is 5.02. The zero-order chi connectivity index (χ0) is 16.1. The Kier molecular flexibility index (Phi) is 5.41. The van der Waals surface area contributed by atoms with E-state index >= 15 is 0 Å². The minimum Gasteiger partial charge on any atom is -0.495 e. The van der Waals surface area contributed by atoms with Gasteiger partial charge in [-0.05, 0) is 42.3 Å². The van der Waals surface area contributed by atoms with Crippen LogP contribution in [-0.4, -0.2) is 18.1 Å². The van der Waals surface area contributed by atoms with Crippen LogP contribution in [-0.2, 0) is 4.79 Å². The van der Waals surface area contributed by atoms with Crippen LogP contribution in [0.3, 0.4) is 0 Å². The van der Waals surface area contributed by atoms with Crippen molar-refractivity contribution >= 4 is 23.2 Å². The van der Waals surface area contributed by atoms with E-state index in [2.05, 4.69) is 5.32 Å². The molecule has 2 N–H and O–H groups in total. The molecule has 0 aliphatic heterocycles. The molecular formula is C17H18ClNO3. The lowest BCUT2D eigenvalue weighted by Gasteiger charge is -2.13. The van der Waals surface area contributed by atoms with E-state index in [-0.39, 0.29) is 12.3 Å². The lowest BCUT2D eigenvalue weighted by atomic mass is 10.1. The number of amides is 1. The summed E-state index contributed by atoms with van der Waals surface area (Å²) in [5.41, 5.74) is 2.27. The smallest absolute Gasteiger partial charge is 0.227 e. The Hall–Kier alpha value is -2.04. The Labute approximate surface area is 134 Å². The number of aliphatic hydroxyl groups excluding tert-OH is 1. The van der Waals surface area contributed by atoms with Crippen molar-refractivity contribution in [2.24, 2.45) is 0 Å². The highest BCUT2D eigenvalue weighted by Crippen LogP contribution is 2.26. The van der Waals surface area contributed by atoms with Gasteiger partial charge in [-0.15, -0.1) is 0 Å². The average molecular weight is 320 g/mol. The number of carbonyl (C=O) groups excluding carboxylic acids is 1. The molecular weight excluding hydrogens is 302 g/mol. The molecule has 0 spiro atoms. The van der Waals surface area contributed by atoms with E-state index in [0.29, 0.717) is 22.0 Å². The molecule has 0 aliphatic rings. The van der Waals surface area contributed by atoms with E-state index in [1.807, 2.05) is 19.1 Å². The number of carbonyl (C=O) groups is 1. The van der Waals surface area contributed by atoms with Gasteiger partial charge in [0.15, 0.2) is 0 Å². The number of benzene rings is 2. The van der Waals surface area contributed by atoms with Crippen LogP contribution < -0.4 is 10.1 Å². The second-order valence-corrected chi connectivity index (χ2v) is 5.46. The van der Waals surface area contributed by atoms with E-state index in [1.165, 1.54) is 0 Å². The number of aryl methyl sites for hydroxylation is 1. The van der Waals surface area contributed by atoms with Crippen LogP contribution >= 0.6 is 11.6 Å². The summed E-state index contributed by atoms with van der Waals surface area (Å²) in [6.07, 6.45) is -0.924. The number of hydrogen-bond acceptors (Lipinski definition) is 3. The Balaban J connectivity index is 2.02. The highest BCUT2D eigenvalue weighted by molar-refractivity contribution is 6.30. The molecule has 1 atom stereocenters. The third-order valence-corrected chi connectivity index (χ3v) is 3.52. The van der Waals surface area contributed by atoms with Crippen LogP contribution in [0.5, 0.6) is 5.75 Å². The fraction of sp³-hybridized carbons (Fsp3) is 0.235. The third kappa shape index (κ3) is 4.23. The summed E-state index contributed by atoms with van der Waals surface area (Å²) in [5.74, 6) is 0.305. The molecule has 0 saturated heterocycles. The number of rotatable bonds is 5. The molecule has 22 heavy (non-hydrogen) atoms. The van der Waals surface area contributed by atoms with Crippen LogP contribution in [0.25, 0.3) is 0 Å². The number of hydrogen-bond donors (Lipinski definition) is 2. The number of halogens is 1. The molecule has 0 aliphatic carbocycles. The topological polar surface area (TPSA) is 58.6 Å². The number of methoxy groups -OCH3 is 1. The number of nitrogens with one attached hydrogen (secondary N) is 1. The van der Waals surface area contributed by atoms with Crippen molar-refractivity contribution in [1.29, 1.82) is 0 Å². The first kappa shape index (κ1) is 16.3. The molecule has 5 heteroatoms. The average Bonchev–Trinajstić information content (AvgIpc) is 2.49. The van der Waals surface area contributed by atoms with E-state index < -0.39 is 6.10 Å². The van der Waals surface area contributed by atoms with Gasteiger partial charge in [0, 0.05) is 5.02 Å².